The monoisotopic (exact) mass is 369 g/mol. The van der Waals surface area contributed by atoms with E-state index in [4.69, 9.17) is 4.74 Å². The van der Waals surface area contributed by atoms with Crippen molar-refractivity contribution in [3.63, 3.8) is 0 Å². The summed E-state index contributed by atoms with van der Waals surface area (Å²) in [5.74, 6) is 0. The molecule has 1 atom stereocenters. The van der Waals surface area contributed by atoms with Gasteiger partial charge in [0.2, 0.25) is 0 Å². The number of halogens is 3. The van der Waals surface area contributed by atoms with E-state index >= 15 is 0 Å². The minimum absolute atomic E-state index is 0.0618. The number of nitriles is 1. The SMILES string of the molecule is CC(C)(C)OC(=O)N1CCN(C(C#N)c2ccccc2C(F)(F)F)CC1. The molecular formula is C18H22F3N3O2. The maximum atomic E-state index is 13.2. The molecule has 0 N–H and O–H groups in total. The van der Waals surface area contributed by atoms with Crippen molar-refractivity contribution >= 4 is 6.09 Å². The highest BCUT2D eigenvalue weighted by Crippen LogP contribution is 2.36. The van der Waals surface area contributed by atoms with Crippen LogP contribution in [0.4, 0.5) is 18.0 Å². The summed E-state index contributed by atoms with van der Waals surface area (Å²) in [5, 5.41) is 9.49. The zero-order chi connectivity index (χ0) is 19.5. The standard InChI is InChI=1S/C18H22F3N3O2/c1-17(2,3)26-16(25)24-10-8-23(9-11-24)15(12-22)13-6-4-5-7-14(13)18(19,20)21/h4-7,15H,8-11H2,1-3H3. The average molecular weight is 369 g/mol. The van der Waals surface area contributed by atoms with Crippen molar-refractivity contribution in [3.8, 4) is 6.07 Å². The van der Waals surface area contributed by atoms with Crippen molar-refractivity contribution in [2.24, 2.45) is 0 Å². The summed E-state index contributed by atoms with van der Waals surface area (Å²) < 4.78 is 45.0. The van der Waals surface area contributed by atoms with Gasteiger partial charge in [-0.15, -0.1) is 0 Å². The normalized spacial score (nSPS) is 17.5. The summed E-state index contributed by atoms with van der Waals surface area (Å²) in [6.45, 7) is 6.47. The Morgan fingerprint density at radius 2 is 1.73 bits per heavy atom. The van der Waals surface area contributed by atoms with Gasteiger partial charge in [0, 0.05) is 26.2 Å². The van der Waals surface area contributed by atoms with Crippen LogP contribution in [0.2, 0.25) is 0 Å². The fraction of sp³-hybridized carbons (Fsp3) is 0.556. The molecule has 0 spiro atoms. The molecule has 1 aliphatic heterocycles. The number of amides is 1. The Bertz CT molecular complexity index is 684. The van der Waals surface area contributed by atoms with Crippen LogP contribution < -0.4 is 0 Å². The molecule has 1 unspecified atom stereocenters. The lowest BCUT2D eigenvalue weighted by Gasteiger charge is -2.37. The first-order valence-electron chi connectivity index (χ1n) is 8.30. The van der Waals surface area contributed by atoms with E-state index in [1.54, 1.807) is 25.7 Å². The maximum Gasteiger partial charge on any atom is 0.416 e. The van der Waals surface area contributed by atoms with Crippen LogP contribution in [0.3, 0.4) is 0 Å². The van der Waals surface area contributed by atoms with E-state index in [0.29, 0.717) is 26.2 Å². The third-order valence-electron chi connectivity index (χ3n) is 4.01. The second kappa shape index (κ2) is 7.54. The number of benzene rings is 1. The highest BCUT2D eigenvalue weighted by molar-refractivity contribution is 5.68. The molecule has 0 aromatic heterocycles. The van der Waals surface area contributed by atoms with Gasteiger partial charge in [-0.3, -0.25) is 4.90 Å². The van der Waals surface area contributed by atoms with Crippen molar-refractivity contribution in [3.05, 3.63) is 35.4 Å². The van der Waals surface area contributed by atoms with Crippen molar-refractivity contribution in [1.82, 2.24) is 9.80 Å². The first kappa shape index (κ1) is 20.0. The smallest absolute Gasteiger partial charge is 0.416 e. The molecule has 0 saturated carbocycles. The minimum atomic E-state index is -4.52. The summed E-state index contributed by atoms with van der Waals surface area (Å²) in [5.41, 5.74) is -1.48. The third-order valence-corrected chi connectivity index (χ3v) is 4.01. The van der Waals surface area contributed by atoms with Crippen LogP contribution in [0.5, 0.6) is 0 Å². The number of carbonyl (C=O) groups is 1. The van der Waals surface area contributed by atoms with Crippen LogP contribution in [0.15, 0.2) is 24.3 Å². The van der Waals surface area contributed by atoms with Crippen LogP contribution >= 0.6 is 0 Å². The molecular weight excluding hydrogens is 347 g/mol. The fourth-order valence-corrected chi connectivity index (χ4v) is 2.83. The molecule has 0 bridgehead atoms. The van der Waals surface area contributed by atoms with E-state index in [-0.39, 0.29) is 5.56 Å². The van der Waals surface area contributed by atoms with E-state index in [2.05, 4.69) is 0 Å². The van der Waals surface area contributed by atoms with Crippen LogP contribution in [-0.4, -0.2) is 47.7 Å². The largest absolute Gasteiger partial charge is 0.444 e. The molecule has 1 aromatic carbocycles. The predicted octanol–water partition coefficient (Wildman–Crippen LogP) is 3.82. The van der Waals surface area contributed by atoms with Crippen LogP contribution in [0, 0.1) is 11.3 Å². The van der Waals surface area contributed by atoms with Crippen molar-refractivity contribution in [2.75, 3.05) is 26.2 Å². The molecule has 8 heteroatoms. The van der Waals surface area contributed by atoms with Gasteiger partial charge in [0.15, 0.2) is 0 Å². The number of nitrogens with zero attached hydrogens (tertiary/aromatic N) is 3. The Morgan fingerprint density at radius 3 is 2.23 bits per heavy atom. The molecule has 0 radical (unpaired) electrons. The molecule has 1 saturated heterocycles. The highest BCUT2D eigenvalue weighted by Gasteiger charge is 2.37. The van der Waals surface area contributed by atoms with Gasteiger partial charge in [0.05, 0.1) is 11.6 Å². The lowest BCUT2D eigenvalue weighted by atomic mass is 9.99. The molecule has 1 amide bonds. The fourth-order valence-electron chi connectivity index (χ4n) is 2.83. The number of piperazine rings is 1. The third kappa shape index (κ3) is 4.88. The van der Waals surface area contributed by atoms with E-state index in [1.807, 2.05) is 6.07 Å². The molecule has 26 heavy (non-hydrogen) atoms. The van der Waals surface area contributed by atoms with Gasteiger partial charge < -0.3 is 9.64 Å². The summed E-state index contributed by atoms with van der Waals surface area (Å²) in [7, 11) is 0. The van der Waals surface area contributed by atoms with Gasteiger partial charge in [0.1, 0.15) is 11.6 Å². The lowest BCUT2D eigenvalue weighted by molar-refractivity contribution is -0.138. The Labute approximate surface area is 150 Å². The van der Waals surface area contributed by atoms with Crippen molar-refractivity contribution < 1.29 is 22.7 Å². The van der Waals surface area contributed by atoms with Crippen molar-refractivity contribution in [1.29, 1.82) is 5.26 Å². The summed E-state index contributed by atoms with van der Waals surface area (Å²) >= 11 is 0. The minimum Gasteiger partial charge on any atom is -0.444 e. The van der Waals surface area contributed by atoms with Gasteiger partial charge in [-0.05, 0) is 32.4 Å². The topological polar surface area (TPSA) is 56.6 Å². The predicted molar refractivity (Wildman–Crippen MR) is 89.2 cm³/mol. The summed E-state index contributed by atoms with van der Waals surface area (Å²) in [4.78, 5) is 15.3. The second-order valence-corrected chi connectivity index (χ2v) is 7.12. The number of alkyl halides is 3. The molecule has 0 aliphatic carbocycles. The van der Waals surface area contributed by atoms with Crippen LogP contribution in [-0.2, 0) is 10.9 Å². The Kier molecular flexibility index (Phi) is 5.81. The van der Waals surface area contributed by atoms with E-state index < -0.39 is 29.5 Å². The van der Waals surface area contributed by atoms with Gasteiger partial charge >= 0.3 is 12.3 Å². The Morgan fingerprint density at radius 1 is 1.15 bits per heavy atom. The van der Waals surface area contributed by atoms with Gasteiger partial charge in [-0.2, -0.15) is 18.4 Å². The number of carbonyl (C=O) groups excluding carboxylic acids is 1. The molecule has 2 rings (SSSR count). The number of rotatable bonds is 2. The molecule has 5 nitrogen and oxygen atoms in total. The molecule has 142 valence electrons. The molecule has 1 aliphatic rings. The Balaban J connectivity index is 2.11. The number of hydrogen-bond donors (Lipinski definition) is 0. The maximum absolute atomic E-state index is 13.2. The number of hydrogen-bond acceptors (Lipinski definition) is 4. The van der Waals surface area contributed by atoms with Crippen molar-refractivity contribution in [2.45, 2.75) is 38.6 Å². The first-order chi connectivity index (χ1) is 12.0. The number of ether oxygens (including phenoxy) is 1. The highest BCUT2D eigenvalue weighted by atomic mass is 19.4. The molecule has 1 heterocycles. The zero-order valence-electron chi connectivity index (χ0n) is 15.0. The van der Waals surface area contributed by atoms with E-state index in [9.17, 15) is 23.2 Å². The van der Waals surface area contributed by atoms with E-state index in [0.717, 1.165) is 6.07 Å². The molecule has 1 aromatic rings. The Hall–Kier alpha value is -2.27. The van der Waals surface area contributed by atoms with Crippen LogP contribution in [0.1, 0.15) is 37.9 Å². The quantitative estimate of drug-likeness (QED) is 0.795. The van der Waals surface area contributed by atoms with Gasteiger partial charge in [-0.25, -0.2) is 4.79 Å². The van der Waals surface area contributed by atoms with Gasteiger partial charge in [-0.1, -0.05) is 18.2 Å². The summed E-state index contributed by atoms with van der Waals surface area (Å²) in [6.07, 6.45) is -4.98. The first-order valence-corrected chi connectivity index (χ1v) is 8.30. The molecule has 1 fully saturated rings. The second-order valence-electron chi connectivity index (χ2n) is 7.12. The van der Waals surface area contributed by atoms with Gasteiger partial charge in [0.25, 0.3) is 0 Å². The summed E-state index contributed by atoms with van der Waals surface area (Å²) in [6, 6.07) is 6.07. The van der Waals surface area contributed by atoms with Crippen LogP contribution in [0.25, 0.3) is 0 Å². The lowest BCUT2D eigenvalue weighted by Crippen LogP contribution is -2.50. The average Bonchev–Trinajstić information content (AvgIpc) is 2.54. The van der Waals surface area contributed by atoms with E-state index in [1.165, 1.54) is 23.1 Å². The zero-order valence-corrected chi connectivity index (χ0v) is 15.0.